The monoisotopic (exact) mass is 453 g/mol. The van der Waals surface area contributed by atoms with Crippen molar-refractivity contribution in [2.24, 2.45) is 11.0 Å². The molecule has 34 heavy (non-hydrogen) atoms. The van der Waals surface area contributed by atoms with Crippen molar-refractivity contribution in [2.45, 2.75) is 13.8 Å². The van der Waals surface area contributed by atoms with Crippen molar-refractivity contribution in [3.63, 3.8) is 0 Å². The van der Waals surface area contributed by atoms with Crippen LogP contribution >= 0.6 is 0 Å². The van der Waals surface area contributed by atoms with Gasteiger partial charge in [0, 0.05) is 17.7 Å². The van der Waals surface area contributed by atoms with E-state index in [1.54, 1.807) is 12.1 Å². The maximum Gasteiger partial charge on any atom is 0.280 e. The second kappa shape index (κ2) is 9.15. The molecule has 1 aliphatic heterocycles. The lowest BCUT2D eigenvalue weighted by molar-refractivity contribution is -0.384. The molecule has 7 nitrogen and oxygen atoms in total. The molecule has 7 heteroatoms. The van der Waals surface area contributed by atoms with Crippen LogP contribution < -0.4 is 5.01 Å². The van der Waals surface area contributed by atoms with Crippen molar-refractivity contribution >= 4 is 35.1 Å². The van der Waals surface area contributed by atoms with Gasteiger partial charge in [0.1, 0.15) is 5.75 Å². The fourth-order valence-electron chi connectivity index (χ4n) is 3.72. The minimum Gasteiger partial charge on any atom is -0.507 e. The molecule has 0 atom stereocenters. The van der Waals surface area contributed by atoms with Gasteiger partial charge in [0.15, 0.2) is 0 Å². The van der Waals surface area contributed by atoms with Gasteiger partial charge >= 0.3 is 0 Å². The average Bonchev–Trinajstić information content (AvgIpc) is 3.16. The summed E-state index contributed by atoms with van der Waals surface area (Å²) < 4.78 is 0. The number of rotatable bonds is 6. The van der Waals surface area contributed by atoms with Gasteiger partial charge in [-0.05, 0) is 52.9 Å². The molecule has 0 saturated heterocycles. The normalized spacial score (nSPS) is 14.6. The number of hydrogen-bond donors (Lipinski definition) is 1. The van der Waals surface area contributed by atoms with Gasteiger partial charge in [-0.25, -0.2) is 0 Å². The highest BCUT2D eigenvalue weighted by Gasteiger charge is 2.32. The highest BCUT2D eigenvalue weighted by molar-refractivity contribution is 6.33. The second-order valence-electron chi connectivity index (χ2n) is 8.19. The number of hydrogen-bond acceptors (Lipinski definition) is 5. The minimum atomic E-state index is -0.482. The number of non-ortho nitro benzene ring substituents is 1. The number of anilines is 1. The summed E-state index contributed by atoms with van der Waals surface area (Å²) in [4.78, 5) is 23.7. The largest absolute Gasteiger partial charge is 0.507 e. The Morgan fingerprint density at radius 2 is 1.68 bits per heavy atom. The van der Waals surface area contributed by atoms with Crippen LogP contribution in [0.1, 0.15) is 25.0 Å². The van der Waals surface area contributed by atoms with Crippen LogP contribution in [0.15, 0.2) is 84.0 Å². The van der Waals surface area contributed by atoms with Crippen LogP contribution in [-0.4, -0.2) is 21.6 Å². The zero-order valence-corrected chi connectivity index (χ0v) is 18.8. The molecule has 0 aliphatic carbocycles. The first-order valence-corrected chi connectivity index (χ1v) is 10.7. The number of benzene rings is 3. The second-order valence-corrected chi connectivity index (χ2v) is 8.19. The van der Waals surface area contributed by atoms with E-state index < -0.39 is 4.92 Å². The van der Waals surface area contributed by atoms with Gasteiger partial charge in [-0.3, -0.25) is 14.9 Å². The molecule has 0 fully saturated rings. The number of phenols is 1. The highest BCUT2D eigenvalue weighted by atomic mass is 16.6. The summed E-state index contributed by atoms with van der Waals surface area (Å²) in [5, 5.41) is 26.6. The minimum absolute atomic E-state index is 0.00634. The van der Waals surface area contributed by atoms with Gasteiger partial charge in [-0.1, -0.05) is 56.8 Å². The smallest absolute Gasteiger partial charge is 0.280 e. The molecule has 170 valence electrons. The molecule has 3 aromatic rings. The Morgan fingerprint density at radius 3 is 2.26 bits per heavy atom. The predicted molar refractivity (Wildman–Crippen MR) is 134 cm³/mol. The number of carbonyl (C=O) groups is 1. The maximum atomic E-state index is 13.2. The zero-order chi connectivity index (χ0) is 24.4. The maximum absolute atomic E-state index is 13.2. The van der Waals surface area contributed by atoms with Crippen LogP contribution in [0, 0.1) is 16.0 Å². The molecule has 0 aromatic heterocycles. The van der Waals surface area contributed by atoms with E-state index in [0.717, 1.165) is 16.7 Å². The third kappa shape index (κ3) is 4.36. The van der Waals surface area contributed by atoms with Crippen molar-refractivity contribution in [1.29, 1.82) is 0 Å². The lowest BCUT2D eigenvalue weighted by Crippen LogP contribution is -2.21. The Labute approximate surface area is 197 Å². The first-order valence-electron chi connectivity index (χ1n) is 10.7. The van der Waals surface area contributed by atoms with Gasteiger partial charge in [0.05, 0.1) is 21.9 Å². The summed E-state index contributed by atoms with van der Waals surface area (Å²) in [6.45, 7) is 7.65. The van der Waals surface area contributed by atoms with Crippen LogP contribution in [0.2, 0.25) is 0 Å². The predicted octanol–water partition coefficient (Wildman–Crippen LogP) is 6.05. The van der Waals surface area contributed by atoms with Gasteiger partial charge in [-0.2, -0.15) is 10.1 Å². The van der Waals surface area contributed by atoms with E-state index in [-0.39, 0.29) is 23.3 Å². The van der Waals surface area contributed by atoms with E-state index in [1.807, 2.05) is 56.3 Å². The van der Waals surface area contributed by atoms with Gasteiger partial charge in [-0.15, -0.1) is 0 Å². The number of phenolic OH excluding ortho intramolecular Hbond substituents is 1. The van der Waals surface area contributed by atoms with Crippen LogP contribution in [0.3, 0.4) is 0 Å². The lowest BCUT2D eigenvalue weighted by atomic mass is 9.97. The number of carbonyl (C=O) groups excluding carboxylic acids is 1. The third-order valence-electron chi connectivity index (χ3n) is 5.56. The fourth-order valence-corrected chi connectivity index (χ4v) is 3.72. The summed E-state index contributed by atoms with van der Waals surface area (Å²) in [5.74, 6) is -0.0967. The molecule has 4 rings (SSSR count). The Kier molecular flexibility index (Phi) is 6.10. The third-order valence-corrected chi connectivity index (χ3v) is 5.56. The number of nitrogens with zero attached hydrogens (tertiary/aromatic N) is 3. The fraction of sp³-hybridized carbons (Fsp3) is 0.111. The summed E-state index contributed by atoms with van der Waals surface area (Å²) in [7, 11) is 0. The number of hydrazone groups is 1. The van der Waals surface area contributed by atoms with Crippen molar-refractivity contribution in [3.8, 4) is 16.9 Å². The van der Waals surface area contributed by atoms with E-state index >= 15 is 0 Å². The molecular weight excluding hydrogens is 430 g/mol. The van der Waals surface area contributed by atoms with Crippen molar-refractivity contribution in [1.82, 2.24) is 0 Å². The molecule has 3 aromatic carbocycles. The summed E-state index contributed by atoms with van der Waals surface area (Å²) in [6, 6.07) is 18.8. The Hall–Kier alpha value is -4.52. The molecule has 0 spiro atoms. The van der Waals surface area contributed by atoms with Crippen LogP contribution in [0.25, 0.3) is 23.3 Å². The van der Waals surface area contributed by atoms with Gasteiger partial charge in [0.2, 0.25) is 0 Å². The number of nitro benzene ring substituents is 1. The van der Waals surface area contributed by atoms with E-state index in [0.29, 0.717) is 22.5 Å². The number of aromatic hydroxyl groups is 1. The first kappa shape index (κ1) is 22.7. The summed E-state index contributed by atoms with van der Waals surface area (Å²) in [6.07, 6.45) is 3.41. The summed E-state index contributed by atoms with van der Waals surface area (Å²) in [5.41, 5.74) is 4.97. The standard InChI is InChI=1S/C27H23N3O4/c1-4-19-16-21(9-14-25(19)31)20-7-5-18(6-8-20)15-24-26(17(2)3)28-29(27(24)32)22-10-12-23(13-11-22)30(33)34/h4-17,31H,1H2,2-3H3/b24-15-. The molecule has 0 unspecified atom stereocenters. The van der Waals surface area contributed by atoms with E-state index in [4.69, 9.17) is 0 Å². The first-order chi connectivity index (χ1) is 16.3. The zero-order valence-electron chi connectivity index (χ0n) is 18.8. The van der Waals surface area contributed by atoms with E-state index in [1.165, 1.54) is 29.3 Å². The van der Waals surface area contributed by atoms with Crippen LogP contribution in [0.4, 0.5) is 11.4 Å². The van der Waals surface area contributed by atoms with Gasteiger partial charge in [0.25, 0.3) is 11.6 Å². The van der Waals surface area contributed by atoms with Crippen molar-refractivity contribution in [3.05, 3.63) is 100 Å². The molecule has 0 saturated carbocycles. The lowest BCUT2D eigenvalue weighted by Gasteiger charge is -2.11. The number of nitro groups is 1. The number of amides is 1. The molecule has 1 aliphatic rings. The summed E-state index contributed by atoms with van der Waals surface area (Å²) >= 11 is 0. The van der Waals surface area contributed by atoms with Crippen molar-refractivity contribution < 1.29 is 14.8 Å². The Morgan fingerprint density at radius 1 is 1.03 bits per heavy atom. The molecule has 1 N–H and O–H groups in total. The quantitative estimate of drug-likeness (QED) is 0.279. The van der Waals surface area contributed by atoms with Crippen molar-refractivity contribution in [2.75, 3.05) is 5.01 Å². The van der Waals surface area contributed by atoms with Gasteiger partial charge < -0.3 is 5.11 Å². The molecule has 1 amide bonds. The molecule has 1 heterocycles. The SMILES string of the molecule is C=Cc1cc(-c2ccc(/C=C3\C(=O)N(c4ccc([N+](=O)[O-])cc4)N=C3C(C)C)cc2)ccc1O. The molecular formula is C27H23N3O4. The average molecular weight is 453 g/mol. The molecule has 0 bridgehead atoms. The Balaban J connectivity index is 1.64. The Bertz CT molecular complexity index is 1340. The highest BCUT2D eigenvalue weighted by Crippen LogP contribution is 2.30. The van der Waals surface area contributed by atoms with E-state index in [2.05, 4.69) is 11.7 Å². The molecule has 0 radical (unpaired) electrons. The van der Waals surface area contributed by atoms with Crippen LogP contribution in [-0.2, 0) is 4.79 Å². The topological polar surface area (TPSA) is 96.0 Å². The van der Waals surface area contributed by atoms with E-state index in [9.17, 15) is 20.0 Å². The van der Waals surface area contributed by atoms with Crippen LogP contribution in [0.5, 0.6) is 5.75 Å².